The third-order valence-corrected chi connectivity index (χ3v) is 5.43. The van der Waals surface area contributed by atoms with E-state index in [1.807, 2.05) is 0 Å². The Kier molecular flexibility index (Phi) is 5.64. The molecule has 1 aromatic heterocycles. The molecule has 0 unspecified atom stereocenters. The maximum atomic E-state index is 11.7. The van der Waals surface area contributed by atoms with Crippen molar-refractivity contribution in [3.8, 4) is 0 Å². The molecular formula is C17H31NOS. The smallest absolute Gasteiger partial charge is 0.228 e. The van der Waals surface area contributed by atoms with Crippen LogP contribution in [0.4, 0.5) is 5.00 Å². The Morgan fingerprint density at radius 3 is 2.45 bits per heavy atom. The lowest BCUT2D eigenvalue weighted by Crippen LogP contribution is -2.12. The second kappa shape index (κ2) is 7.26. The number of thiophene rings is 1. The Morgan fingerprint density at radius 2 is 1.90 bits per heavy atom. The van der Waals surface area contributed by atoms with Crippen molar-refractivity contribution >= 4 is 22.2 Å². The van der Waals surface area contributed by atoms with Crippen molar-refractivity contribution in [2.75, 3.05) is 5.32 Å². The van der Waals surface area contributed by atoms with E-state index in [0.29, 0.717) is 5.92 Å². The Bertz CT molecular complexity index is 467. The Hall–Kier alpha value is -0.830. The highest BCUT2D eigenvalue weighted by molar-refractivity contribution is 7.16. The van der Waals surface area contributed by atoms with Crippen LogP contribution in [-0.4, -0.2) is 5.91 Å². The minimum atomic E-state index is 0. The molecule has 3 heteroatoms. The van der Waals surface area contributed by atoms with Crippen molar-refractivity contribution in [1.82, 2.24) is 0 Å². The first-order chi connectivity index (χ1) is 9.67. The quantitative estimate of drug-likeness (QED) is 0.775. The topological polar surface area (TPSA) is 29.1 Å². The van der Waals surface area contributed by atoms with Gasteiger partial charge in [-0.25, -0.2) is 0 Å². The van der Waals surface area contributed by atoms with Crippen molar-refractivity contribution in [2.45, 2.75) is 72.1 Å². The maximum Gasteiger partial charge on any atom is 0.228 e. The van der Waals surface area contributed by atoms with Gasteiger partial charge in [0.1, 0.15) is 0 Å². The number of hydrogen-bond acceptors (Lipinski definition) is 2. The first-order valence-corrected chi connectivity index (χ1v) is 8.91. The first-order valence-electron chi connectivity index (χ1n) is 8.09. The summed E-state index contributed by atoms with van der Waals surface area (Å²) in [5.41, 5.74) is 2.84. The Balaban J connectivity index is 0.000000665. The van der Waals surface area contributed by atoms with Gasteiger partial charge in [0.2, 0.25) is 5.91 Å². The third kappa shape index (κ3) is 3.85. The molecule has 1 amide bonds. The van der Waals surface area contributed by atoms with Gasteiger partial charge in [-0.3, -0.25) is 4.79 Å². The molecule has 2 aliphatic rings. The van der Waals surface area contributed by atoms with E-state index in [0.717, 1.165) is 17.8 Å². The summed E-state index contributed by atoms with van der Waals surface area (Å²) in [6.07, 6.45) is 9.83. The molecule has 0 spiro atoms. The first kappa shape index (κ1) is 15.6. The lowest BCUT2D eigenvalue weighted by molar-refractivity contribution is -0.117. The van der Waals surface area contributed by atoms with E-state index < -0.39 is 0 Å². The molecule has 0 saturated heterocycles. The summed E-state index contributed by atoms with van der Waals surface area (Å²) in [6, 6.07) is 0. The van der Waals surface area contributed by atoms with Crippen molar-refractivity contribution in [2.24, 2.45) is 5.92 Å². The highest BCUT2D eigenvalue weighted by Gasteiger charge is 2.30. The molecule has 2 nitrogen and oxygen atoms in total. The number of carbonyl (C=O) groups excluding carboxylic acids is 1. The molecule has 20 heavy (non-hydrogen) atoms. The zero-order valence-electron chi connectivity index (χ0n) is 13.1. The monoisotopic (exact) mass is 297 g/mol. The van der Waals surface area contributed by atoms with Crippen molar-refractivity contribution in [3.63, 3.8) is 0 Å². The van der Waals surface area contributed by atoms with Crippen LogP contribution >= 0.6 is 11.3 Å². The maximum absolute atomic E-state index is 11.7. The predicted molar refractivity (Wildman–Crippen MR) is 91.9 cm³/mol. The zero-order valence-corrected chi connectivity index (χ0v) is 13.9. The lowest BCUT2D eigenvalue weighted by Gasteiger charge is -2.10. The lowest BCUT2D eigenvalue weighted by atomic mass is 9.96. The summed E-state index contributed by atoms with van der Waals surface area (Å²) in [4.78, 5) is 13.2. The third-order valence-electron chi connectivity index (χ3n) is 4.12. The zero-order chi connectivity index (χ0) is 14.5. The SMILES string of the molecule is CCCC.Cc1c(NC(=O)C2CC2)sc2c1CCCC2.[HH].[HH]. The normalized spacial score (nSPS) is 16.9. The summed E-state index contributed by atoms with van der Waals surface area (Å²) < 4.78 is 0. The van der Waals surface area contributed by atoms with Crippen LogP contribution in [0.5, 0.6) is 0 Å². The molecule has 0 aliphatic heterocycles. The second-order valence-corrected chi connectivity index (χ2v) is 7.03. The van der Waals surface area contributed by atoms with Crippen LogP contribution in [0.1, 0.15) is 71.2 Å². The number of carbonyl (C=O) groups is 1. The largest absolute Gasteiger partial charge is 0.317 e. The fourth-order valence-corrected chi connectivity index (χ4v) is 3.70. The summed E-state index contributed by atoms with van der Waals surface area (Å²) >= 11 is 1.80. The Morgan fingerprint density at radius 1 is 1.25 bits per heavy atom. The van der Waals surface area contributed by atoms with Crippen LogP contribution in [0.25, 0.3) is 0 Å². The summed E-state index contributed by atoms with van der Waals surface area (Å²) in [5.74, 6) is 0.542. The average molecular weight is 298 g/mol. The predicted octanol–water partition coefficient (Wildman–Crippen LogP) is 5.58. The van der Waals surface area contributed by atoms with Gasteiger partial charge in [-0.2, -0.15) is 0 Å². The summed E-state index contributed by atoms with van der Waals surface area (Å²) in [5, 5.41) is 4.22. The number of unbranched alkanes of at least 4 members (excludes halogenated alkanes) is 1. The molecule has 3 rings (SSSR count). The highest BCUT2D eigenvalue weighted by Crippen LogP contribution is 2.38. The van der Waals surface area contributed by atoms with Gasteiger partial charge in [-0.15, -0.1) is 11.3 Å². The van der Waals surface area contributed by atoms with Gasteiger partial charge in [0, 0.05) is 13.6 Å². The number of rotatable bonds is 3. The van der Waals surface area contributed by atoms with Crippen LogP contribution in [-0.2, 0) is 17.6 Å². The van der Waals surface area contributed by atoms with Crippen LogP contribution in [0.2, 0.25) is 0 Å². The van der Waals surface area contributed by atoms with Crippen LogP contribution in [0.15, 0.2) is 0 Å². The minimum Gasteiger partial charge on any atom is -0.317 e. The molecular weight excluding hydrogens is 266 g/mol. The van der Waals surface area contributed by atoms with Crippen LogP contribution in [0.3, 0.4) is 0 Å². The molecule has 116 valence electrons. The van der Waals surface area contributed by atoms with Crippen molar-refractivity contribution in [3.05, 3.63) is 16.0 Å². The molecule has 0 atom stereocenters. The van der Waals surface area contributed by atoms with Crippen LogP contribution < -0.4 is 5.32 Å². The molecule has 0 bridgehead atoms. The number of fused-ring (bicyclic) bond motifs is 1. The number of hydrogen-bond donors (Lipinski definition) is 1. The molecule has 1 saturated carbocycles. The fourth-order valence-electron chi connectivity index (χ4n) is 2.40. The van der Waals surface area contributed by atoms with Gasteiger partial charge in [0.05, 0.1) is 5.00 Å². The van der Waals surface area contributed by atoms with Gasteiger partial charge >= 0.3 is 0 Å². The van der Waals surface area contributed by atoms with Gasteiger partial charge in [-0.1, -0.05) is 26.7 Å². The number of nitrogens with one attached hydrogen (secondary N) is 1. The number of aryl methyl sites for hydroxylation is 1. The van der Waals surface area contributed by atoms with Gasteiger partial charge in [0.25, 0.3) is 0 Å². The highest BCUT2D eigenvalue weighted by atomic mass is 32.1. The molecule has 1 heterocycles. The van der Waals surface area contributed by atoms with Crippen LogP contribution in [0, 0.1) is 12.8 Å². The van der Waals surface area contributed by atoms with E-state index in [1.165, 1.54) is 54.5 Å². The van der Waals surface area contributed by atoms with Gasteiger partial charge in [0.15, 0.2) is 0 Å². The fraction of sp³-hybridized carbons (Fsp3) is 0.706. The second-order valence-electron chi connectivity index (χ2n) is 5.93. The summed E-state index contributed by atoms with van der Waals surface area (Å²) in [6.45, 7) is 6.52. The van der Waals surface area contributed by atoms with Crippen molar-refractivity contribution in [1.29, 1.82) is 0 Å². The standard InChI is InChI=1S/C13H17NOS.C4H10.2H2/c1-8-10-4-2-3-5-11(10)16-13(8)14-12(15)9-6-7-9;1-3-4-2;;/h9H,2-7H2,1H3,(H,14,15);3-4H2,1-2H3;2*1H. The van der Waals surface area contributed by atoms with E-state index in [4.69, 9.17) is 0 Å². The minimum absolute atomic E-state index is 0. The van der Waals surface area contributed by atoms with E-state index >= 15 is 0 Å². The van der Waals surface area contributed by atoms with E-state index in [1.54, 1.807) is 11.3 Å². The van der Waals surface area contributed by atoms with E-state index in [9.17, 15) is 4.79 Å². The summed E-state index contributed by atoms with van der Waals surface area (Å²) in [7, 11) is 0. The number of anilines is 1. The Labute approximate surface area is 129 Å². The van der Waals surface area contributed by atoms with Crippen molar-refractivity contribution < 1.29 is 7.65 Å². The average Bonchev–Trinajstić information content (AvgIpc) is 3.27. The molecule has 0 aromatic carbocycles. The van der Waals surface area contributed by atoms with Gasteiger partial charge in [-0.05, 0) is 56.6 Å². The van der Waals surface area contributed by atoms with Gasteiger partial charge < -0.3 is 5.32 Å². The molecule has 1 fully saturated rings. The number of amides is 1. The molecule has 1 aromatic rings. The molecule has 1 N–H and O–H groups in total. The molecule has 0 radical (unpaired) electrons. The van der Waals surface area contributed by atoms with E-state index in [2.05, 4.69) is 26.1 Å². The molecule has 2 aliphatic carbocycles. The van der Waals surface area contributed by atoms with E-state index in [-0.39, 0.29) is 8.76 Å².